The molecule has 0 bridgehead atoms. The predicted molar refractivity (Wildman–Crippen MR) is 74.1 cm³/mol. The van der Waals surface area contributed by atoms with E-state index in [0.29, 0.717) is 10.1 Å². The van der Waals surface area contributed by atoms with Crippen LogP contribution in [0.2, 0.25) is 5.15 Å². The van der Waals surface area contributed by atoms with Crippen molar-refractivity contribution < 1.29 is 9.53 Å². The van der Waals surface area contributed by atoms with Crippen molar-refractivity contribution in [3.63, 3.8) is 0 Å². The molecule has 2 aromatic rings. The van der Waals surface area contributed by atoms with E-state index in [-0.39, 0.29) is 5.15 Å². The van der Waals surface area contributed by atoms with Crippen LogP contribution in [0.15, 0.2) is 22.9 Å². The number of rotatable bonds is 0. The van der Waals surface area contributed by atoms with Gasteiger partial charge in [-0.3, -0.25) is 0 Å². The molecule has 0 aliphatic heterocycles. The van der Waals surface area contributed by atoms with E-state index in [1.165, 1.54) is 4.57 Å². The summed E-state index contributed by atoms with van der Waals surface area (Å²) in [6.07, 6.45) is 1.15. The standard InChI is InChI=1S/C12H12BrClN2O2/c1-12(2,3)18-11(17)16-5-4-7-6-8(13)15-10(14)9(7)16/h4-6H,1-3H3. The summed E-state index contributed by atoms with van der Waals surface area (Å²) in [5.41, 5.74) is -0.00253. The number of aromatic nitrogens is 2. The van der Waals surface area contributed by atoms with Gasteiger partial charge in [0.25, 0.3) is 0 Å². The molecule has 0 spiro atoms. The Morgan fingerprint density at radius 2 is 2.17 bits per heavy atom. The van der Waals surface area contributed by atoms with Crippen molar-refractivity contribution in [1.29, 1.82) is 0 Å². The molecule has 0 saturated heterocycles. The van der Waals surface area contributed by atoms with Gasteiger partial charge in [-0.15, -0.1) is 0 Å². The van der Waals surface area contributed by atoms with Crippen LogP contribution in [-0.4, -0.2) is 21.2 Å². The van der Waals surface area contributed by atoms with Crippen LogP contribution in [-0.2, 0) is 4.74 Å². The van der Waals surface area contributed by atoms with Gasteiger partial charge in [0.2, 0.25) is 0 Å². The van der Waals surface area contributed by atoms with Crippen LogP contribution >= 0.6 is 27.5 Å². The van der Waals surface area contributed by atoms with E-state index in [1.54, 1.807) is 18.3 Å². The molecule has 2 aromatic heterocycles. The first kappa shape index (κ1) is 13.4. The molecule has 0 radical (unpaired) electrons. The van der Waals surface area contributed by atoms with Crippen LogP contribution < -0.4 is 0 Å². The molecule has 0 atom stereocenters. The van der Waals surface area contributed by atoms with Gasteiger partial charge in [-0.05, 0) is 48.8 Å². The van der Waals surface area contributed by atoms with Crippen LogP contribution in [0, 0.1) is 0 Å². The molecule has 0 aliphatic rings. The maximum Gasteiger partial charge on any atom is 0.419 e. The number of fused-ring (bicyclic) bond motifs is 1. The van der Waals surface area contributed by atoms with Gasteiger partial charge >= 0.3 is 6.09 Å². The Bertz CT molecular complexity index is 616. The van der Waals surface area contributed by atoms with Crippen LogP contribution in [0.3, 0.4) is 0 Å². The fourth-order valence-corrected chi connectivity index (χ4v) is 2.37. The minimum atomic E-state index is -0.553. The topological polar surface area (TPSA) is 44.1 Å². The largest absolute Gasteiger partial charge is 0.443 e. The van der Waals surface area contributed by atoms with Gasteiger partial charge in [0.05, 0.1) is 5.52 Å². The minimum Gasteiger partial charge on any atom is -0.443 e. The summed E-state index contributed by atoms with van der Waals surface area (Å²) in [7, 11) is 0. The third-order valence-electron chi connectivity index (χ3n) is 2.18. The first-order valence-corrected chi connectivity index (χ1v) is 6.51. The van der Waals surface area contributed by atoms with E-state index in [0.717, 1.165) is 5.39 Å². The summed E-state index contributed by atoms with van der Waals surface area (Å²) in [5.74, 6) is 0. The number of carbonyl (C=O) groups is 1. The first-order chi connectivity index (χ1) is 8.28. The van der Waals surface area contributed by atoms with E-state index < -0.39 is 11.7 Å². The lowest BCUT2D eigenvalue weighted by molar-refractivity contribution is 0.0544. The summed E-state index contributed by atoms with van der Waals surface area (Å²) >= 11 is 9.31. The van der Waals surface area contributed by atoms with Crippen molar-refractivity contribution in [2.45, 2.75) is 26.4 Å². The average Bonchev–Trinajstić information content (AvgIpc) is 2.58. The second-order valence-electron chi connectivity index (χ2n) is 4.84. The monoisotopic (exact) mass is 330 g/mol. The normalized spacial score (nSPS) is 11.8. The van der Waals surface area contributed by atoms with Gasteiger partial charge in [-0.2, -0.15) is 0 Å². The molecule has 0 saturated carbocycles. The van der Waals surface area contributed by atoms with E-state index in [9.17, 15) is 4.79 Å². The highest BCUT2D eigenvalue weighted by atomic mass is 79.9. The number of nitrogens with zero attached hydrogens (tertiary/aromatic N) is 2. The third-order valence-corrected chi connectivity index (χ3v) is 2.85. The molecule has 6 heteroatoms. The highest BCUT2D eigenvalue weighted by Crippen LogP contribution is 2.26. The first-order valence-electron chi connectivity index (χ1n) is 5.34. The van der Waals surface area contributed by atoms with Gasteiger partial charge in [-0.1, -0.05) is 11.6 Å². The molecule has 18 heavy (non-hydrogen) atoms. The number of hydrogen-bond acceptors (Lipinski definition) is 3. The quantitative estimate of drug-likeness (QED) is 0.678. The van der Waals surface area contributed by atoms with Gasteiger partial charge in [-0.25, -0.2) is 14.3 Å². The van der Waals surface area contributed by atoms with E-state index in [2.05, 4.69) is 20.9 Å². The molecule has 0 unspecified atom stereocenters. The van der Waals surface area contributed by atoms with Gasteiger partial charge in [0.15, 0.2) is 5.15 Å². The summed E-state index contributed by atoms with van der Waals surface area (Å²) in [4.78, 5) is 16.1. The zero-order valence-corrected chi connectivity index (χ0v) is 12.5. The fourth-order valence-electron chi connectivity index (χ4n) is 1.55. The molecule has 0 fully saturated rings. The highest BCUT2D eigenvalue weighted by molar-refractivity contribution is 9.10. The Morgan fingerprint density at radius 3 is 2.78 bits per heavy atom. The Kier molecular flexibility index (Phi) is 3.38. The fraction of sp³-hybridized carbons (Fsp3) is 0.333. The molecular formula is C12H12BrClN2O2. The lowest BCUT2D eigenvalue weighted by atomic mass is 10.2. The molecule has 4 nitrogen and oxygen atoms in total. The van der Waals surface area contributed by atoms with Crippen molar-refractivity contribution >= 4 is 44.5 Å². The van der Waals surface area contributed by atoms with Crippen LogP contribution in [0.4, 0.5) is 4.79 Å². The Morgan fingerprint density at radius 1 is 1.50 bits per heavy atom. The van der Waals surface area contributed by atoms with Gasteiger partial charge in [0.1, 0.15) is 10.2 Å². The predicted octanol–water partition coefficient (Wildman–Crippen LogP) is 4.24. The van der Waals surface area contributed by atoms with E-state index in [4.69, 9.17) is 16.3 Å². The number of halogens is 2. The molecular weight excluding hydrogens is 320 g/mol. The molecule has 0 aromatic carbocycles. The van der Waals surface area contributed by atoms with Crippen LogP contribution in [0.25, 0.3) is 10.9 Å². The SMILES string of the molecule is CC(C)(C)OC(=O)n1ccc2cc(Br)nc(Cl)c21. The minimum absolute atomic E-state index is 0.259. The third kappa shape index (κ3) is 2.67. The van der Waals surface area contributed by atoms with Crippen LogP contribution in [0.5, 0.6) is 0 Å². The molecule has 0 amide bonds. The lowest BCUT2D eigenvalue weighted by Gasteiger charge is -2.19. The van der Waals surface area contributed by atoms with Crippen molar-refractivity contribution in [2.24, 2.45) is 0 Å². The molecule has 2 heterocycles. The van der Waals surface area contributed by atoms with Crippen molar-refractivity contribution in [2.75, 3.05) is 0 Å². The average molecular weight is 332 g/mol. The maximum atomic E-state index is 12.0. The van der Waals surface area contributed by atoms with Crippen LogP contribution in [0.1, 0.15) is 20.8 Å². The lowest BCUT2D eigenvalue weighted by Crippen LogP contribution is -2.26. The number of hydrogen-bond donors (Lipinski definition) is 0. The van der Waals surface area contributed by atoms with Crippen molar-refractivity contribution in [3.8, 4) is 0 Å². The number of pyridine rings is 1. The van der Waals surface area contributed by atoms with E-state index in [1.807, 2.05) is 20.8 Å². The molecule has 2 rings (SSSR count). The van der Waals surface area contributed by atoms with Crippen molar-refractivity contribution in [3.05, 3.63) is 28.1 Å². The molecule has 0 aliphatic carbocycles. The highest BCUT2D eigenvalue weighted by Gasteiger charge is 2.20. The smallest absolute Gasteiger partial charge is 0.419 e. The Labute approximate surface area is 118 Å². The second-order valence-corrected chi connectivity index (χ2v) is 6.01. The molecule has 0 N–H and O–H groups in total. The van der Waals surface area contributed by atoms with E-state index >= 15 is 0 Å². The Hall–Kier alpha value is -1.07. The zero-order chi connectivity index (χ0) is 13.5. The summed E-state index contributed by atoms with van der Waals surface area (Å²) in [6, 6.07) is 3.58. The van der Waals surface area contributed by atoms with Gasteiger partial charge < -0.3 is 4.74 Å². The second kappa shape index (κ2) is 4.55. The number of ether oxygens (including phenoxy) is 1. The summed E-state index contributed by atoms with van der Waals surface area (Å²) in [6.45, 7) is 5.44. The van der Waals surface area contributed by atoms with Gasteiger partial charge in [0, 0.05) is 11.6 Å². The summed E-state index contributed by atoms with van der Waals surface area (Å²) < 4.78 is 7.29. The number of carbonyl (C=O) groups excluding carboxylic acids is 1. The van der Waals surface area contributed by atoms with Crippen molar-refractivity contribution in [1.82, 2.24) is 9.55 Å². The zero-order valence-electron chi connectivity index (χ0n) is 10.2. The summed E-state index contributed by atoms with van der Waals surface area (Å²) in [5, 5.41) is 1.09. The molecule has 96 valence electrons. The Balaban J connectivity index is 2.50. The maximum absolute atomic E-state index is 12.0.